The van der Waals surface area contributed by atoms with E-state index in [-0.39, 0.29) is 16.7 Å². The molecular weight excluding hydrogens is 389 g/mol. The predicted octanol–water partition coefficient (Wildman–Crippen LogP) is 4.39. The fourth-order valence-corrected chi connectivity index (χ4v) is 3.31. The molecule has 5 nitrogen and oxygen atoms in total. The van der Waals surface area contributed by atoms with Gasteiger partial charge in [-0.3, -0.25) is 10.1 Å². The molecule has 0 fully saturated rings. The number of hydrogen-bond donors (Lipinski definition) is 1. The van der Waals surface area contributed by atoms with Gasteiger partial charge in [0.15, 0.2) is 0 Å². The Kier molecular flexibility index (Phi) is 4.92. The number of nitrogens with zero attached hydrogens (tertiary/aromatic N) is 2. The van der Waals surface area contributed by atoms with Gasteiger partial charge in [-0.05, 0) is 48.1 Å². The van der Waals surface area contributed by atoms with E-state index in [1.807, 2.05) is 35.7 Å². The SMILES string of the molecule is CCc1cnc(C(C)Nc2ccc([N+](=O)[O-])c(I)c2)s1. The molecule has 0 amide bonds. The van der Waals surface area contributed by atoms with Crippen LogP contribution in [0.1, 0.15) is 29.8 Å². The van der Waals surface area contributed by atoms with Gasteiger partial charge in [0.25, 0.3) is 5.69 Å². The summed E-state index contributed by atoms with van der Waals surface area (Å²) in [5.74, 6) is 0. The first-order valence-corrected chi connectivity index (χ1v) is 8.06. The lowest BCUT2D eigenvalue weighted by atomic mass is 10.2. The molecule has 0 spiro atoms. The van der Waals surface area contributed by atoms with Crippen LogP contribution in [0.3, 0.4) is 0 Å². The van der Waals surface area contributed by atoms with Crippen molar-refractivity contribution < 1.29 is 4.92 Å². The second-order valence-electron chi connectivity index (χ2n) is 4.31. The van der Waals surface area contributed by atoms with E-state index in [0.717, 1.165) is 17.1 Å². The first kappa shape index (κ1) is 15.2. The zero-order valence-electron chi connectivity index (χ0n) is 11.1. The number of nitrogens with one attached hydrogen (secondary N) is 1. The monoisotopic (exact) mass is 403 g/mol. The number of thiazole rings is 1. The van der Waals surface area contributed by atoms with Crippen molar-refractivity contribution in [3.05, 3.63) is 48.0 Å². The van der Waals surface area contributed by atoms with Gasteiger partial charge >= 0.3 is 0 Å². The highest BCUT2D eigenvalue weighted by atomic mass is 127. The molecule has 2 aromatic rings. The van der Waals surface area contributed by atoms with E-state index in [9.17, 15) is 10.1 Å². The van der Waals surface area contributed by atoms with Crippen molar-refractivity contribution in [1.29, 1.82) is 0 Å². The Morgan fingerprint density at radius 3 is 2.85 bits per heavy atom. The van der Waals surface area contributed by atoms with Crippen LogP contribution >= 0.6 is 33.9 Å². The Bertz CT molecular complexity index is 630. The van der Waals surface area contributed by atoms with Gasteiger partial charge in [0.2, 0.25) is 0 Å². The Labute approximate surface area is 134 Å². The third-order valence-electron chi connectivity index (χ3n) is 2.82. The van der Waals surface area contributed by atoms with Crippen LogP contribution in [0.25, 0.3) is 0 Å². The molecule has 1 unspecified atom stereocenters. The Morgan fingerprint density at radius 1 is 1.55 bits per heavy atom. The van der Waals surface area contributed by atoms with Crippen LogP contribution in [-0.4, -0.2) is 9.91 Å². The van der Waals surface area contributed by atoms with Gasteiger partial charge in [-0.1, -0.05) is 6.92 Å². The van der Waals surface area contributed by atoms with Crippen LogP contribution in [0.15, 0.2) is 24.4 Å². The van der Waals surface area contributed by atoms with Crippen LogP contribution in [0.4, 0.5) is 11.4 Å². The maximum atomic E-state index is 10.8. The van der Waals surface area contributed by atoms with Gasteiger partial charge in [0.05, 0.1) is 14.5 Å². The Balaban J connectivity index is 2.13. The predicted molar refractivity (Wildman–Crippen MR) is 89.3 cm³/mol. The number of anilines is 1. The van der Waals surface area contributed by atoms with Gasteiger partial charge in [0, 0.05) is 22.8 Å². The van der Waals surface area contributed by atoms with E-state index in [4.69, 9.17) is 0 Å². The largest absolute Gasteiger partial charge is 0.376 e. The summed E-state index contributed by atoms with van der Waals surface area (Å²) < 4.78 is 0.623. The summed E-state index contributed by atoms with van der Waals surface area (Å²) in [4.78, 5) is 16.1. The number of aryl methyl sites for hydroxylation is 1. The average molecular weight is 403 g/mol. The van der Waals surface area contributed by atoms with Crippen molar-refractivity contribution in [2.24, 2.45) is 0 Å². The highest BCUT2D eigenvalue weighted by Crippen LogP contribution is 2.28. The highest BCUT2D eigenvalue weighted by Gasteiger charge is 2.14. The lowest BCUT2D eigenvalue weighted by molar-refractivity contribution is -0.385. The third-order valence-corrected chi connectivity index (χ3v) is 5.01. The van der Waals surface area contributed by atoms with Gasteiger partial charge in [-0.25, -0.2) is 4.98 Å². The smallest absolute Gasteiger partial charge is 0.282 e. The molecule has 0 aliphatic carbocycles. The molecule has 0 aliphatic rings. The number of rotatable bonds is 5. The third kappa shape index (κ3) is 3.45. The molecule has 7 heteroatoms. The fraction of sp³-hybridized carbons (Fsp3) is 0.308. The van der Waals surface area contributed by atoms with E-state index in [2.05, 4.69) is 17.2 Å². The van der Waals surface area contributed by atoms with E-state index in [1.54, 1.807) is 23.5 Å². The second kappa shape index (κ2) is 6.49. The van der Waals surface area contributed by atoms with E-state index < -0.39 is 0 Å². The van der Waals surface area contributed by atoms with Crippen molar-refractivity contribution in [1.82, 2.24) is 4.98 Å². The molecular formula is C13H14IN3O2S. The van der Waals surface area contributed by atoms with Gasteiger partial charge < -0.3 is 5.32 Å². The van der Waals surface area contributed by atoms with Crippen LogP contribution in [-0.2, 0) is 6.42 Å². The number of aromatic nitrogens is 1. The molecule has 20 heavy (non-hydrogen) atoms. The normalized spacial score (nSPS) is 12.2. The molecule has 1 atom stereocenters. The molecule has 1 heterocycles. The maximum absolute atomic E-state index is 10.8. The number of benzene rings is 1. The van der Waals surface area contributed by atoms with E-state index in [1.165, 1.54) is 10.9 Å². The van der Waals surface area contributed by atoms with Crippen molar-refractivity contribution >= 4 is 45.3 Å². The number of nitro groups is 1. The fourth-order valence-electron chi connectivity index (χ4n) is 1.74. The zero-order valence-corrected chi connectivity index (χ0v) is 14.1. The quantitative estimate of drug-likeness (QED) is 0.457. The Hall–Kier alpha value is -1.22. The molecule has 1 aromatic heterocycles. The lowest BCUT2D eigenvalue weighted by Crippen LogP contribution is -2.06. The summed E-state index contributed by atoms with van der Waals surface area (Å²) in [7, 11) is 0. The Morgan fingerprint density at radius 2 is 2.30 bits per heavy atom. The first-order valence-electron chi connectivity index (χ1n) is 6.16. The summed E-state index contributed by atoms with van der Waals surface area (Å²) in [6.07, 6.45) is 2.89. The molecule has 0 bridgehead atoms. The summed E-state index contributed by atoms with van der Waals surface area (Å²) in [6, 6.07) is 5.11. The van der Waals surface area contributed by atoms with Crippen molar-refractivity contribution in [2.45, 2.75) is 26.3 Å². The molecule has 0 radical (unpaired) electrons. The minimum atomic E-state index is -0.372. The topological polar surface area (TPSA) is 68.1 Å². The van der Waals surface area contributed by atoms with Crippen molar-refractivity contribution in [3.8, 4) is 0 Å². The molecule has 106 valence electrons. The molecule has 2 rings (SSSR count). The highest BCUT2D eigenvalue weighted by molar-refractivity contribution is 14.1. The standard InChI is InChI=1S/C13H14IN3O2S/c1-3-10-7-15-13(20-10)8(2)16-9-4-5-12(17(18)19)11(14)6-9/h4-8,16H,3H2,1-2H3. The number of halogens is 1. The van der Waals surface area contributed by atoms with Gasteiger partial charge in [0.1, 0.15) is 5.01 Å². The van der Waals surface area contributed by atoms with Crippen LogP contribution < -0.4 is 5.32 Å². The second-order valence-corrected chi connectivity index (χ2v) is 6.62. The van der Waals surface area contributed by atoms with Crippen LogP contribution in [0.5, 0.6) is 0 Å². The molecule has 1 aromatic carbocycles. The summed E-state index contributed by atoms with van der Waals surface area (Å²) in [5, 5.41) is 15.1. The van der Waals surface area contributed by atoms with Gasteiger partial charge in [-0.15, -0.1) is 11.3 Å². The van der Waals surface area contributed by atoms with Crippen molar-refractivity contribution in [2.75, 3.05) is 5.32 Å². The molecule has 1 N–H and O–H groups in total. The molecule has 0 saturated carbocycles. The number of nitro benzene ring substituents is 1. The minimum absolute atomic E-state index is 0.0811. The lowest BCUT2D eigenvalue weighted by Gasteiger charge is -2.13. The van der Waals surface area contributed by atoms with E-state index >= 15 is 0 Å². The number of hydrogen-bond acceptors (Lipinski definition) is 5. The van der Waals surface area contributed by atoms with Crippen LogP contribution in [0, 0.1) is 13.7 Å². The molecule has 0 aliphatic heterocycles. The summed E-state index contributed by atoms with van der Waals surface area (Å²) >= 11 is 3.67. The maximum Gasteiger partial charge on any atom is 0.282 e. The molecule has 0 saturated heterocycles. The van der Waals surface area contributed by atoms with Crippen molar-refractivity contribution in [3.63, 3.8) is 0 Å². The first-order chi connectivity index (χ1) is 9.51. The average Bonchev–Trinajstić information content (AvgIpc) is 2.87. The summed E-state index contributed by atoms with van der Waals surface area (Å²) in [5.41, 5.74) is 0.993. The van der Waals surface area contributed by atoms with Crippen LogP contribution in [0.2, 0.25) is 0 Å². The van der Waals surface area contributed by atoms with Gasteiger partial charge in [-0.2, -0.15) is 0 Å². The minimum Gasteiger partial charge on any atom is -0.376 e. The van der Waals surface area contributed by atoms with E-state index in [0.29, 0.717) is 3.57 Å². The zero-order chi connectivity index (χ0) is 14.7. The summed E-state index contributed by atoms with van der Waals surface area (Å²) in [6.45, 7) is 4.14.